The maximum absolute atomic E-state index is 12.6. The van der Waals surface area contributed by atoms with Crippen molar-refractivity contribution in [2.45, 2.75) is 0 Å². The average Bonchev–Trinajstić information content (AvgIpc) is 3.15. The number of nitrogens with one attached hydrogen (secondary N) is 1. The minimum absolute atomic E-state index is 0.0993. The van der Waals surface area contributed by atoms with Gasteiger partial charge in [-0.15, -0.1) is 0 Å². The Morgan fingerprint density at radius 2 is 1.82 bits per heavy atom. The molecule has 1 N–H and O–H groups in total. The number of carbonyl (C=O) groups excluding carboxylic acids is 2. The lowest BCUT2D eigenvalue weighted by Crippen LogP contribution is -2.34. The number of hydrogen-bond acceptors (Lipinski definition) is 3. The molecule has 0 aliphatic rings. The Bertz CT molecular complexity index is 1040. The summed E-state index contributed by atoms with van der Waals surface area (Å²) in [4.78, 5) is 26.1. The standard InChI is InChI=1S/C20H15BrCl2N2O3/c1-25(11-18(26)24-15-8-3-2-6-13(15)21)20(27)17-10-9-16(28-17)12-5-4-7-14(22)19(12)23/h2-10H,11H2,1H3,(H,24,26). The summed E-state index contributed by atoms with van der Waals surface area (Å²) in [6.45, 7) is -0.131. The van der Waals surface area contributed by atoms with Gasteiger partial charge in [-0.05, 0) is 52.3 Å². The first-order chi connectivity index (χ1) is 13.4. The Morgan fingerprint density at radius 3 is 2.57 bits per heavy atom. The van der Waals surface area contributed by atoms with E-state index in [4.69, 9.17) is 27.6 Å². The highest BCUT2D eigenvalue weighted by atomic mass is 79.9. The summed E-state index contributed by atoms with van der Waals surface area (Å²) in [6.07, 6.45) is 0. The zero-order valence-corrected chi connectivity index (χ0v) is 17.8. The Morgan fingerprint density at radius 1 is 1.07 bits per heavy atom. The van der Waals surface area contributed by atoms with Crippen molar-refractivity contribution in [2.75, 3.05) is 18.9 Å². The highest BCUT2D eigenvalue weighted by molar-refractivity contribution is 9.10. The molecule has 2 amide bonds. The third-order valence-corrected chi connectivity index (χ3v) is 5.42. The summed E-state index contributed by atoms with van der Waals surface area (Å²) in [5.41, 5.74) is 1.21. The molecule has 0 fully saturated rings. The molecule has 0 aliphatic heterocycles. The molecule has 0 radical (unpaired) electrons. The van der Waals surface area contributed by atoms with E-state index in [9.17, 15) is 9.59 Å². The molecule has 144 valence electrons. The van der Waals surface area contributed by atoms with E-state index in [-0.39, 0.29) is 18.2 Å². The highest BCUT2D eigenvalue weighted by Crippen LogP contribution is 2.34. The molecule has 0 saturated carbocycles. The second kappa shape index (κ2) is 8.82. The van der Waals surface area contributed by atoms with E-state index in [1.165, 1.54) is 18.0 Å². The average molecular weight is 482 g/mol. The number of hydrogen-bond donors (Lipinski definition) is 1. The Kier molecular flexibility index (Phi) is 6.44. The van der Waals surface area contributed by atoms with E-state index < -0.39 is 5.91 Å². The van der Waals surface area contributed by atoms with Gasteiger partial charge in [-0.25, -0.2) is 0 Å². The third kappa shape index (κ3) is 4.58. The molecule has 0 spiro atoms. The van der Waals surface area contributed by atoms with Gasteiger partial charge in [0.1, 0.15) is 5.76 Å². The van der Waals surface area contributed by atoms with E-state index >= 15 is 0 Å². The molecule has 0 atom stereocenters. The third-order valence-electron chi connectivity index (χ3n) is 3.91. The number of carbonyl (C=O) groups is 2. The van der Waals surface area contributed by atoms with Gasteiger partial charge in [0.25, 0.3) is 5.91 Å². The number of para-hydroxylation sites is 1. The van der Waals surface area contributed by atoms with Crippen LogP contribution in [0.15, 0.2) is 63.5 Å². The van der Waals surface area contributed by atoms with Crippen molar-refractivity contribution in [1.29, 1.82) is 0 Å². The molecule has 0 saturated heterocycles. The lowest BCUT2D eigenvalue weighted by Gasteiger charge is -2.16. The number of likely N-dealkylation sites (N-methyl/N-ethyl adjacent to an activating group) is 1. The summed E-state index contributed by atoms with van der Waals surface area (Å²) >= 11 is 15.6. The molecule has 5 nitrogen and oxygen atoms in total. The van der Waals surface area contributed by atoms with E-state index in [0.717, 1.165) is 4.47 Å². The van der Waals surface area contributed by atoms with Gasteiger partial charge in [0, 0.05) is 17.1 Å². The van der Waals surface area contributed by atoms with Crippen LogP contribution in [0.1, 0.15) is 10.6 Å². The van der Waals surface area contributed by atoms with E-state index in [1.54, 1.807) is 36.4 Å². The van der Waals surface area contributed by atoms with Crippen LogP contribution in [-0.2, 0) is 4.79 Å². The van der Waals surface area contributed by atoms with Crippen LogP contribution in [0.4, 0.5) is 5.69 Å². The van der Waals surface area contributed by atoms with Crippen LogP contribution in [0.5, 0.6) is 0 Å². The Hall–Kier alpha value is -2.28. The number of halogens is 3. The van der Waals surface area contributed by atoms with Crippen LogP contribution >= 0.6 is 39.1 Å². The lowest BCUT2D eigenvalue weighted by atomic mass is 10.2. The van der Waals surface area contributed by atoms with Gasteiger partial charge >= 0.3 is 0 Å². The van der Waals surface area contributed by atoms with Gasteiger partial charge in [0.15, 0.2) is 5.76 Å². The van der Waals surface area contributed by atoms with Gasteiger partial charge < -0.3 is 14.6 Å². The number of furan rings is 1. The maximum Gasteiger partial charge on any atom is 0.289 e. The van der Waals surface area contributed by atoms with Crippen molar-refractivity contribution in [3.8, 4) is 11.3 Å². The second-order valence-corrected chi connectivity index (χ2v) is 7.59. The molecule has 28 heavy (non-hydrogen) atoms. The largest absolute Gasteiger partial charge is 0.451 e. The summed E-state index contributed by atoms with van der Waals surface area (Å²) < 4.78 is 6.39. The number of nitrogens with zero attached hydrogens (tertiary/aromatic N) is 1. The molecule has 3 aromatic rings. The number of amides is 2. The number of anilines is 1. The van der Waals surface area contributed by atoms with Crippen molar-refractivity contribution in [2.24, 2.45) is 0 Å². The summed E-state index contributed by atoms with van der Waals surface area (Å²) in [5.74, 6) is -0.233. The van der Waals surface area contributed by atoms with Crippen molar-refractivity contribution in [1.82, 2.24) is 4.90 Å². The normalized spacial score (nSPS) is 10.6. The van der Waals surface area contributed by atoms with Crippen molar-refractivity contribution in [3.63, 3.8) is 0 Å². The monoisotopic (exact) mass is 480 g/mol. The van der Waals surface area contributed by atoms with Crippen LogP contribution in [0.2, 0.25) is 10.0 Å². The fourth-order valence-corrected chi connectivity index (χ4v) is 3.30. The van der Waals surface area contributed by atoms with Gasteiger partial charge in [0.05, 0.1) is 22.3 Å². The van der Waals surface area contributed by atoms with Gasteiger partial charge in [-0.3, -0.25) is 9.59 Å². The zero-order valence-electron chi connectivity index (χ0n) is 14.7. The maximum atomic E-state index is 12.6. The van der Waals surface area contributed by atoms with Crippen molar-refractivity contribution in [3.05, 3.63) is 74.9 Å². The van der Waals surface area contributed by atoms with E-state index in [0.29, 0.717) is 27.1 Å². The van der Waals surface area contributed by atoms with Gasteiger partial charge in [-0.1, -0.05) is 41.4 Å². The first-order valence-electron chi connectivity index (χ1n) is 8.21. The Balaban J connectivity index is 1.68. The first-order valence-corrected chi connectivity index (χ1v) is 9.76. The molecule has 1 heterocycles. The van der Waals surface area contributed by atoms with Crippen LogP contribution in [0, 0.1) is 0 Å². The predicted octanol–water partition coefficient (Wildman–Crippen LogP) is 5.73. The minimum atomic E-state index is -0.424. The van der Waals surface area contributed by atoms with Crippen molar-refractivity contribution >= 4 is 56.6 Å². The molecule has 0 bridgehead atoms. The molecular weight excluding hydrogens is 467 g/mol. The SMILES string of the molecule is CN(CC(=O)Nc1ccccc1Br)C(=O)c1ccc(-c2cccc(Cl)c2Cl)o1. The molecule has 1 aromatic heterocycles. The molecule has 2 aromatic carbocycles. The summed E-state index contributed by atoms with van der Waals surface area (Å²) in [6, 6.07) is 15.6. The summed E-state index contributed by atoms with van der Waals surface area (Å²) in [7, 11) is 1.52. The topological polar surface area (TPSA) is 62.6 Å². The predicted molar refractivity (Wildman–Crippen MR) is 114 cm³/mol. The second-order valence-electron chi connectivity index (χ2n) is 5.95. The molecule has 0 unspecified atom stereocenters. The molecular formula is C20H15BrCl2N2O3. The quantitative estimate of drug-likeness (QED) is 0.506. The van der Waals surface area contributed by atoms with Gasteiger partial charge in [-0.2, -0.15) is 0 Å². The van der Waals surface area contributed by atoms with E-state index in [2.05, 4.69) is 21.2 Å². The van der Waals surface area contributed by atoms with Crippen LogP contribution < -0.4 is 5.32 Å². The van der Waals surface area contributed by atoms with Gasteiger partial charge in [0.2, 0.25) is 5.91 Å². The number of benzene rings is 2. The fraction of sp³-hybridized carbons (Fsp3) is 0.100. The van der Waals surface area contributed by atoms with Crippen molar-refractivity contribution < 1.29 is 14.0 Å². The van der Waals surface area contributed by atoms with E-state index in [1.807, 2.05) is 12.1 Å². The number of rotatable bonds is 5. The van der Waals surface area contributed by atoms with Crippen LogP contribution in [-0.4, -0.2) is 30.3 Å². The van der Waals surface area contributed by atoms with Crippen LogP contribution in [0.25, 0.3) is 11.3 Å². The smallest absolute Gasteiger partial charge is 0.289 e. The molecule has 8 heteroatoms. The highest BCUT2D eigenvalue weighted by Gasteiger charge is 2.20. The fourth-order valence-electron chi connectivity index (χ4n) is 2.52. The summed E-state index contributed by atoms with van der Waals surface area (Å²) in [5, 5.41) is 3.49. The van der Waals surface area contributed by atoms with Crippen LogP contribution in [0.3, 0.4) is 0 Å². The molecule has 3 rings (SSSR count). The lowest BCUT2D eigenvalue weighted by molar-refractivity contribution is -0.116. The first kappa shape index (κ1) is 20.5. The zero-order chi connectivity index (χ0) is 20.3. The molecule has 0 aliphatic carbocycles. The minimum Gasteiger partial charge on any atom is -0.451 e. The Labute approximate surface area is 180 Å².